The number of alkyl halides is 3. The van der Waals surface area contributed by atoms with Crippen molar-refractivity contribution in [3.63, 3.8) is 0 Å². The topological polar surface area (TPSA) is 52.6 Å². The molecule has 1 aliphatic carbocycles. The van der Waals surface area contributed by atoms with Gasteiger partial charge in [-0.2, -0.15) is 13.2 Å². The summed E-state index contributed by atoms with van der Waals surface area (Å²) in [5.41, 5.74) is -1.09. The Morgan fingerprint density at radius 2 is 2.16 bits per heavy atom. The van der Waals surface area contributed by atoms with E-state index in [-0.39, 0.29) is 12.5 Å². The van der Waals surface area contributed by atoms with Crippen LogP contribution in [-0.2, 0) is 4.79 Å². The molecule has 2 unspecified atom stereocenters. The molecule has 1 aliphatic rings. The third-order valence-corrected chi connectivity index (χ3v) is 3.70. The standard InChI is InChI=1S/C12H21F3N2O2/c1-3-16-11(10(18)19)6-4-5-9(7-11)17(2)8-12(13,14)15/h9,16H,3-8H2,1-2H3,(H,18,19). The van der Waals surface area contributed by atoms with Crippen molar-refractivity contribution in [2.45, 2.75) is 50.4 Å². The van der Waals surface area contributed by atoms with Gasteiger partial charge >= 0.3 is 12.1 Å². The first kappa shape index (κ1) is 16.2. The minimum absolute atomic E-state index is 0.211. The minimum atomic E-state index is -4.25. The molecular weight excluding hydrogens is 261 g/mol. The van der Waals surface area contributed by atoms with Crippen LogP contribution in [-0.4, -0.2) is 53.9 Å². The first-order chi connectivity index (χ1) is 8.70. The molecule has 112 valence electrons. The number of hydrogen-bond acceptors (Lipinski definition) is 3. The Labute approximate surface area is 111 Å². The summed E-state index contributed by atoms with van der Waals surface area (Å²) in [5, 5.41) is 12.3. The van der Waals surface area contributed by atoms with Crippen molar-refractivity contribution in [2.75, 3.05) is 20.1 Å². The van der Waals surface area contributed by atoms with E-state index in [1.807, 2.05) is 0 Å². The van der Waals surface area contributed by atoms with E-state index < -0.39 is 24.2 Å². The van der Waals surface area contributed by atoms with Crippen LogP contribution in [0.25, 0.3) is 0 Å². The Morgan fingerprint density at radius 3 is 2.63 bits per heavy atom. The van der Waals surface area contributed by atoms with Crippen molar-refractivity contribution < 1.29 is 23.1 Å². The number of nitrogens with zero attached hydrogens (tertiary/aromatic N) is 1. The molecule has 0 bridgehead atoms. The highest BCUT2D eigenvalue weighted by Crippen LogP contribution is 2.32. The molecule has 0 aromatic rings. The molecule has 1 fully saturated rings. The smallest absolute Gasteiger partial charge is 0.401 e. The molecule has 1 rings (SSSR count). The maximum atomic E-state index is 12.4. The second kappa shape index (κ2) is 6.09. The Hall–Kier alpha value is -0.820. The summed E-state index contributed by atoms with van der Waals surface area (Å²) >= 11 is 0. The zero-order chi connectivity index (χ0) is 14.7. The molecule has 0 saturated heterocycles. The number of rotatable bonds is 5. The van der Waals surface area contributed by atoms with Crippen LogP contribution in [0.5, 0.6) is 0 Å². The molecule has 2 atom stereocenters. The number of carboxylic acids is 1. The SMILES string of the molecule is CCNC1(C(=O)O)CCCC(N(C)CC(F)(F)F)C1. The predicted octanol–water partition coefficient (Wildman–Crippen LogP) is 1.86. The molecule has 1 saturated carbocycles. The van der Waals surface area contributed by atoms with Crippen LogP contribution in [0.1, 0.15) is 32.6 Å². The van der Waals surface area contributed by atoms with Gasteiger partial charge in [0.1, 0.15) is 5.54 Å². The van der Waals surface area contributed by atoms with Crippen LogP contribution in [0.3, 0.4) is 0 Å². The van der Waals surface area contributed by atoms with E-state index in [4.69, 9.17) is 0 Å². The van der Waals surface area contributed by atoms with E-state index in [0.717, 1.165) is 0 Å². The summed E-state index contributed by atoms with van der Waals surface area (Å²) in [6, 6.07) is -0.356. The molecule has 0 aromatic carbocycles. The van der Waals surface area contributed by atoms with Crippen molar-refractivity contribution in [2.24, 2.45) is 0 Å². The van der Waals surface area contributed by atoms with E-state index in [1.54, 1.807) is 6.92 Å². The minimum Gasteiger partial charge on any atom is -0.480 e. The van der Waals surface area contributed by atoms with Gasteiger partial charge in [0.2, 0.25) is 0 Å². The summed E-state index contributed by atoms with van der Waals surface area (Å²) in [5.74, 6) is -0.973. The van der Waals surface area contributed by atoms with Crippen molar-refractivity contribution in [3.05, 3.63) is 0 Å². The first-order valence-corrected chi connectivity index (χ1v) is 6.45. The third kappa shape index (κ3) is 4.35. The normalized spacial score (nSPS) is 28.6. The fourth-order valence-electron chi connectivity index (χ4n) is 2.80. The van der Waals surface area contributed by atoms with Gasteiger partial charge in [-0.1, -0.05) is 6.92 Å². The van der Waals surface area contributed by atoms with Gasteiger partial charge in [-0.15, -0.1) is 0 Å². The average molecular weight is 282 g/mol. The second-order valence-electron chi connectivity index (χ2n) is 5.20. The van der Waals surface area contributed by atoms with Crippen LogP contribution in [0.4, 0.5) is 13.2 Å². The van der Waals surface area contributed by atoms with E-state index in [1.165, 1.54) is 11.9 Å². The molecule has 0 aromatic heterocycles. The summed E-state index contributed by atoms with van der Waals surface area (Å²) in [7, 11) is 1.40. The van der Waals surface area contributed by atoms with Crippen molar-refractivity contribution in [3.8, 4) is 0 Å². The summed E-state index contributed by atoms with van der Waals surface area (Å²) in [4.78, 5) is 12.6. The molecule has 2 N–H and O–H groups in total. The van der Waals surface area contributed by atoms with E-state index in [0.29, 0.717) is 25.8 Å². The van der Waals surface area contributed by atoms with E-state index >= 15 is 0 Å². The number of carbonyl (C=O) groups is 1. The highest BCUT2D eigenvalue weighted by Gasteiger charge is 2.44. The molecule has 0 spiro atoms. The Morgan fingerprint density at radius 1 is 1.53 bits per heavy atom. The van der Waals surface area contributed by atoms with Gasteiger partial charge in [0.15, 0.2) is 0 Å². The van der Waals surface area contributed by atoms with E-state index in [2.05, 4.69) is 5.32 Å². The third-order valence-electron chi connectivity index (χ3n) is 3.70. The predicted molar refractivity (Wildman–Crippen MR) is 65.0 cm³/mol. The maximum absolute atomic E-state index is 12.4. The molecule has 0 amide bonds. The number of likely N-dealkylation sites (N-methyl/N-ethyl adjacent to an activating group) is 1. The van der Waals surface area contributed by atoms with E-state index in [9.17, 15) is 23.1 Å². The second-order valence-corrected chi connectivity index (χ2v) is 5.20. The van der Waals surface area contributed by atoms with Gasteiger partial charge in [-0.05, 0) is 39.3 Å². The van der Waals surface area contributed by atoms with Crippen LogP contribution < -0.4 is 5.32 Å². The monoisotopic (exact) mass is 282 g/mol. The Kier molecular flexibility index (Phi) is 5.20. The van der Waals surface area contributed by atoms with Gasteiger partial charge in [0.25, 0.3) is 0 Å². The van der Waals surface area contributed by atoms with Crippen LogP contribution in [0.15, 0.2) is 0 Å². The zero-order valence-electron chi connectivity index (χ0n) is 11.3. The Bertz CT molecular complexity index is 319. The van der Waals surface area contributed by atoms with Gasteiger partial charge in [0, 0.05) is 6.04 Å². The van der Waals surface area contributed by atoms with Crippen LogP contribution in [0, 0.1) is 0 Å². The van der Waals surface area contributed by atoms with Crippen LogP contribution >= 0.6 is 0 Å². The lowest BCUT2D eigenvalue weighted by Gasteiger charge is -2.41. The fourth-order valence-corrected chi connectivity index (χ4v) is 2.80. The molecule has 19 heavy (non-hydrogen) atoms. The lowest BCUT2D eigenvalue weighted by atomic mass is 9.78. The lowest BCUT2D eigenvalue weighted by molar-refractivity contribution is -0.154. The van der Waals surface area contributed by atoms with Crippen molar-refractivity contribution in [1.82, 2.24) is 10.2 Å². The molecule has 0 radical (unpaired) electrons. The van der Waals surface area contributed by atoms with Gasteiger partial charge < -0.3 is 10.4 Å². The molecule has 7 heteroatoms. The number of halogens is 3. The number of hydrogen-bond donors (Lipinski definition) is 2. The van der Waals surface area contributed by atoms with Gasteiger partial charge in [-0.25, -0.2) is 0 Å². The summed E-state index contributed by atoms with van der Waals surface area (Å²) in [6.07, 6.45) is -2.36. The quantitative estimate of drug-likeness (QED) is 0.808. The average Bonchev–Trinajstić information content (AvgIpc) is 2.27. The number of nitrogens with one attached hydrogen (secondary N) is 1. The number of carboxylic acid groups (broad SMARTS) is 1. The lowest BCUT2D eigenvalue weighted by Crippen LogP contribution is -2.58. The molecule has 4 nitrogen and oxygen atoms in total. The highest BCUT2D eigenvalue weighted by molar-refractivity contribution is 5.79. The first-order valence-electron chi connectivity index (χ1n) is 6.45. The zero-order valence-corrected chi connectivity index (χ0v) is 11.3. The fraction of sp³-hybridized carbons (Fsp3) is 0.917. The maximum Gasteiger partial charge on any atom is 0.401 e. The Balaban J connectivity index is 2.74. The molecule has 0 heterocycles. The highest BCUT2D eigenvalue weighted by atomic mass is 19.4. The van der Waals surface area contributed by atoms with Crippen molar-refractivity contribution in [1.29, 1.82) is 0 Å². The van der Waals surface area contributed by atoms with Crippen LogP contribution in [0.2, 0.25) is 0 Å². The largest absolute Gasteiger partial charge is 0.480 e. The van der Waals surface area contributed by atoms with Crippen molar-refractivity contribution >= 4 is 5.97 Å². The summed E-state index contributed by atoms with van der Waals surface area (Å²) < 4.78 is 37.2. The van der Waals surface area contributed by atoms with Gasteiger partial charge in [0.05, 0.1) is 6.54 Å². The number of aliphatic carboxylic acids is 1. The summed E-state index contributed by atoms with van der Waals surface area (Å²) in [6.45, 7) is 1.29. The molecular formula is C12H21F3N2O2. The molecule has 0 aliphatic heterocycles. The van der Waals surface area contributed by atoms with Gasteiger partial charge in [-0.3, -0.25) is 9.69 Å².